The van der Waals surface area contributed by atoms with E-state index in [-0.39, 0.29) is 50.0 Å². The van der Waals surface area contributed by atoms with Crippen LogP contribution < -0.4 is 5.73 Å². The van der Waals surface area contributed by atoms with Gasteiger partial charge < -0.3 is 15.2 Å². The van der Waals surface area contributed by atoms with Crippen molar-refractivity contribution in [3.63, 3.8) is 0 Å². The molecule has 3 rings (SSSR count). The molecule has 2 aromatic rings. The van der Waals surface area contributed by atoms with E-state index >= 15 is 0 Å². The van der Waals surface area contributed by atoms with Crippen molar-refractivity contribution in [2.75, 3.05) is 6.54 Å². The Morgan fingerprint density at radius 1 is 1.18 bits per heavy atom. The molecule has 0 spiro atoms. The summed E-state index contributed by atoms with van der Waals surface area (Å²) >= 11 is 0. The van der Waals surface area contributed by atoms with Gasteiger partial charge in [-0.05, 0) is 24.1 Å². The molecule has 1 amide bonds. The van der Waals surface area contributed by atoms with E-state index < -0.39 is 30.3 Å². The van der Waals surface area contributed by atoms with Gasteiger partial charge in [0.05, 0.1) is 6.54 Å². The van der Waals surface area contributed by atoms with Gasteiger partial charge in [0, 0.05) is 25.6 Å². The molecule has 28 heavy (non-hydrogen) atoms. The van der Waals surface area contributed by atoms with Gasteiger partial charge in [-0.2, -0.15) is 13.2 Å². The molecule has 0 radical (unpaired) electrons. The Kier molecular flexibility index (Phi) is 5.64. The molecular weight excluding hydrogens is 385 g/mol. The lowest BCUT2D eigenvalue weighted by atomic mass is 10.0. The molecular formula is C17H18F5N5O. The van der Waals surface area contributed by atoms with Crippen LogP contribution in [-0.4, -0.2) is 44.3 Å². The fraction of sp³-hybridized carbons (Fsp3) is 0.471. The summed E-state index contributed by atoms with van der Waals surface area (Å²) in [5.41, 5.74) is 6.41. The number of nitrogens with zero attached hydrogens (tertiary/aromatic N) is 4. The van der Waals surface area contributed by atoms with E-state index in [1.54, 1.807) is 0 Å². The van der Waals surface area contributed by atoms with Crippen LogP contribution in [0.3, 0.4) is 0 Å². The van der Waals surface area contributed by atoms with Crippen molar-refractivity contribution in [2.45, 2.75) is 44.6 Å². The van der Waals surface area contributed by atoms with Gasteiger partial charge in [0.2, 0.25) is 5.91 Å². The second kappa shape index (κ2) is 7.82. The van der Waals surface area contributed by atoms with Crippen molar-refractivity contribution >= 4 is 5.91 Å². The standard InChI is InChI=1S/C17H18F5N5O/c18-12-2-1-10(6-13(12)19)5-11(23)7-16(28)26-3-4-27-14(8-17(20,21)22)24-25-15(27)9-26/h1-2,6,11H,3-5,7-9,23H2/t11-/m1/s1. The number of nitrogens with two attached hydrogens (primary N) is 1. The van der Waals surface area contributed by atoms with Crippen LogP contribution in [-0.2, 0) is 30.7 Å². The maximum Gasteiger partial charge on any atom is 0.396 e. The number of aromatic nitrogens is 3. The molecule has 11 heteroatoms. The lowest BCUT2D eigenvalue weighted by molar-refractivity contribution is -0.134. The number of amides is 1. The predicted octanol–water partition coefficient (Wildman–Crippen LogP) is 1.96. The first-order valence-electron chi connectivity index (χ1n) is 8.57. The fourth-order valence-electron chi connectivity index (χ4n) is 3.14. The van der Waals surface area contributed by atoms with Crippen LogP contribution in [0, 0.1) is 11.6 Å². The molecule has 152 valence electrons. The average molecular weight is 403 g/mol. The quantitative estimate of drug-likeness (QED) is 0.775. The van der Waals surface area contributed by atoms with Crippen molar-refractivity contribution in [1.82, 2.24) is 19.7 Å². The Morgan fingerprint density at radius 2 is 1.93 bits per heavy atom. The van der Waals surface area contributed by atoms with Gasteiger partial charge >= 0.3 is 6.18 Å². The van der Waals surface area contributed by atoms with Gasteiger partial charge in [0.1, 0.15) is 12.2 Å². The van der Waals surface area contributed by atoms with Gasteiger partial charge in [-0.1, -0.05) is 6.07 Å². The van der Waals surface area contributed by atoms with Gasteiger partial charge in [0.15, 0.2) is 17.5 Å². The molecule has 1 aromatic carbocycles. The van der Waals surface area contributed by atoms with Gasteiger partial charge in [-0.25, -0.2) is 8.78 Å². The molecule has 1 aliphatic rings. The summed E-state index contributed by atoms with van der Waals surface area (Å²) in [6, 6.07) is 2.81. The van der Waals surface area contributed by atoms with Crippen molar-refractivity contribution in [1.29, 1.82) is 0 Å². The van der Waals surface area contributed by atoms with E-state index in [2.05, 4.69) is 10.2 Å². The molecule has 1 aliphatic heterocycles. The highest BCUT2D eigenvalue weighted by Gasteiger charge is 2.33. The first-order valence-corrected chi connectivity index (χ1v) is 8.57. The van der Waals surface area contributed by atoms with E-state index in [1.165, 1.54) is 15.5 Å². The minimum atomic E-state index is -4.39. The number of hydrogen-bond donors (Lipinski definition) is 1. The van der Waals surface area contributed by atoms with Crippen LogP contribution in [0.25, 0.3) is 0 Å². The van der Waals surface area contributed by atoms with Crippen molar-refractivity contribution < 1.29 is 26.7 Å². The Morgan fingerprint density at radius 3 is 2.61 bits per heavy atom. The summed E-state index contributed by atoms with van der Waals surface area (Å²) < 4.78 is 65.3. The largest absolute Gasteiger partial charge is 0.396 e. The summed E-state index contributed by atoms with van der Waals surface area (Å²) in [7, 11) is 0. The average Bonchev–Trinajstić information content (AvgIpc) is 2.98. The smallest absolute Gasteiger partial charge is 0.333 e. The summed E-state index contributed by atoms with van der Waals surface area (Å²) in [4.78, 5) is 13.9. The monoisotopic (exact) mass is 403 g/mol. The predicted molar refractivity (Wildman–Crippen MR) is 87.9 cm³/mol. The second-order valence-electron chi connectivity index (χ2n) is 6.71. The van der Waals surface area contributed by atoms with E-state index in [0.29, 0.717) is 5.56 Å². The van der Waals surface area contributed by atoms with E-state index in [1.807, 2.05) is 0 Å². The molecule has 1 aromatic heterocycles. The number of hydrogen-bond acceptors (Lipinski definition) is 4. The number of carbonyl (C=O) groups is 1. The lowest BCUT2D eigenvalue weighted by Gasteiger charge is -2.29. The third-order valence-electron chi connectivity index (χ3n) is 4.46. The zero-order chi connectivity index (χ0) is 20.5. The zero-order valence-corrected chi connectivity index (χ0v) is 14.7. The molecule has 0 saturated carbocycles. The molecule has 6 nitrogen and oxygen atoms in total. The number of alkyl halides is 3. The Labute approximate surface area is 157 Å². The zero-order valence-electron chi connectivity index (χ0n) is 14.7. The molecule has 0 bridgehead atoms. The third kappa shape index (κ3) is 4.83. The normalized spacial score (nSPS) is 15.4. The molecule has 0 fully saturated rings. The van der Waals surface area contributed by atoms with Gasteiger partial charge in [-0.3, -0.25) is 4.79 Å². The minimum absolute atomic E-state index is 0.0391. The molecule has 1 atom stereocenters. The van der Waals surface area contributed by atoms with Gasteiger partial charge in [-0.15, -0.1) is 10.2 Å². The maximum absolute atomic E-state index is 13.3. The van der Waals surface area contributed by atoms with Crippen LogP contribution in [0.4, 0.5) is 22.0 Å². The van der Waals surface area contributed by atoms with Crippen LogP contribution in [0.1, 0.15) is 23.6 Å². The third-order valence-corrected chi connectivity index (χ3v) is 4.46. The van der Waals surface area contributed by atoms with Gasteiger partial charge in [0.25, 0.3) is 0 Å². The highest BCUT2D eigenvalue weighted by molar-refractivity contribution is 5.76. The molecule has 2 heterocycles. The van der Waals surface area contributed by atoms with Crippen molar-refractivity contribution in [3.8, 4) is 0 Å². The van der Waals surface area contributed by atoms with Crippen LogP contribution >= 0.6 is 0 Å². The van der Waals surface area contributed by atoms with Crippen molar-refractivity contribution in [3.05, 3.63) is 47.0 Å². The summed E-state index contributed by atoms with van der Waals surface area (Å²) in [6.45, 7) is 0.423. The van der Waals surface area contributed by atoms with Crippen LogP contribution in [0.2, 0.25) is 0 Å². The molecule has 0 unspecified atom stereocenters. The summed E-state index contributed by atoms with van der Waals surface area (Å²) in [6.07, 6.45) is -5.42. The Balaban J connectivity index is 1.58. The van der Waals surface area contributed by atoms with Crippen LogP contribution in [0.5, 0.6) is 0 Å². The number of benzene rings is 1. The second-order valence-corrected chi connectivity index (χ2v) is 6.71. The number of carbonyl (C=O) groups excluding carboxylic acids is 1. The SMILES string of the molecule is N[C@@H](CC(=O)N1CCn2c(nnc2CC(F)(F)F)C1)Cc1ccc(F)c(F)c1. The van der Waals surface area contributed by atoms with E-state index in [0.717, 1.165) is 12.1 Å². The molecule has 2 N–H and O–H groups in total. The topological polar surface area (TPSA) is 77.0 Å². The first-order chi connectivity index (χ1) is 13.1. The number of rotatable bonds is 5. The Bertz CT molecular complexity index is 866. The number of halogens is 5. The molecule has 0 aliphatic carbocycles. The Hall–Kier alpha value is -2.56. The number of fused-ring (bicyclic) bond motifs is 1. The molecule has 0 saturated heterocycles. The first kappa shape index (κ1) is 20.2. The summed E-state index contributed by atoms with van der Waals surface area (Å²) in [5, 5.41) is 7.32. The lowest BCUT2D eigenvalue weighted by Crippen LogP contribution is -2.41. The highest BCUT2D eigenvalue weighted by atomic mass is 19.4. The maximum atomic E-state index is 13.3. The minimum Gasteiger partial charge on any atom is -0.333 e. The van der Waals surface area contributed by atoms with Crippen LogP contribution in [0.15, 0.2) is 18.2 Å². The summed E-state index contributed by atoms with van der Waals surface area (Å²) in [5.74, 6) is -2.13. The van der Waals surface area contributed by atoms with E-state index in [9.17, 15) is 26.7 Å². The highest BCUT2D eigenvalue weighted by Crippen LogP contribution is 2.22. The van der Waals surface area contributed by atoms with E-state index in [4.69, 9.17) is 5.73 Å². The fourth-order valence-corrected chi connectivity index (χ4v) is 3.14. The van der Waals surface area contributed by atoms with Crippen molar-refractivity contribution in [2.24, 2.45) is 5.73 Å².